The number of aryl methyl sites for hydroxylation is 1. The molecule has 5 nitrogen and oxygen atoms in total. The van der Waals surface area contributed by atoms with Gasteiger partial charge < -0.3 is 10.0 Å². The Kier molecular flexibility index (Phi) is 5.75. The summed E-state index contributed by atoms with van der Waals surface area (Å²) < 4.78 is 27.4. The molecule has 0 radical (unpaired) electrons. The van der Waals surface area contributed by atoms with Crippen LogP contribution in [0.2, 0.25) is 0 Å². The number of likely N-dealkylation sites (tertiary alicyclic amines) is 1. The van der Waals surface area contributed by atoms with E-state index < -0.39 is 10.0 Å². The van der Waals surface area contributed by atoms with E-state index in [4.69, 9.17) is 5.11 Å². The lowest BCUT2D eigenvalue weighted by Crippen LogP contribution is -2.37. The smallest absolute Gasteiger partial charge is 0.240 e. The SMILES string of the molecule is Cc1ccc(CO)cc1S(=O)(=O)NCCN1CCCCC1. The highest BCUT2D eigenvalue weighted by Gasteiger charge is 2.18. The number of hydrogen-bond acceptors (Lipinski definition) is 4. The van der Waals surface area contributed by atoms with Crippen molar-refractivity contribution in [3.63, 3.8) is 0 Å². The Labute approximate surface area is 127 Å². The molecule has 1 aliphatic rings. The van der Waals surface area contributed by atoms with Gasteiger partial charge in [-0.1, -0.05) is 18.6 Å². The summed E-state index contributed by atoms with van der Waals surface area (Å²) in [7, 11) is -3.51. The van der Waals surface area contributed by atoms with Crippen molar-refractivity contribution in [2.24, 2.45) is 0 Å². The number of rotatable bonds is 6. The first-order valence-electron chi connectivity index (χ1n) is 7.45. The number of benzene rings is 1. The maximum Gasteiger partial charge on any atom is 0.240 e. The summed E-state index contributed by atoms with van der Waals surface area (Å²) in [5.41, 5.74) is 1.30. The first kappa shape index (κ1) is 16.4. The maximum absolute atomic E-state index is 12.4. The zero-order chi connectivity index (χ0) is 15.3. The van der Waals surface area contributed by atoms with E-state index in [1.165, 1.54) is 19.3 Å². The maximum atomic E-state index is 12.4. The summed E-state index contributed by atoms with van der Waals surface area (Å²) in [6.07, 6.45) is 3.67. The molecule has 1 aromatic rings. The zero-order valence-corrected chi connectivity index (χ0v) is 13.3. The van der Waals surface area contributed by atoms with Crippen LogP contribution in [0.4, 0.5) is 0 Å². The number of nitrogens with zero attached hydrogens (tertiary/aromatic N) is 1. The van der Waals surface area contributed by atoms with E-state index in [1.54, 1.807) is 25.1 Å². The zero-order valence-electron chi connectivity index (χ0n) is 12.5. The molecule has 0 atom stereocenters. The van der Waals surface area contributed by atoms with E-state index in [-0.39, 0.29) is 11.5 Å². The third-order valence-corrected chi connectivity index (χ3v) is 5.50. The van der Waals surface area contributed by atoms with Gasteiger partial charge >= 0.3 is 0 Å². The van der Waals surface area contributed by atoms with Gasteiger partial charge in [-0.05, 0) is 50.0 Å². The monoisotopic (exact) mass is 312 g/mol. The van der Waals surface area contributed by atoms with Crippen molar-refractivity contribution < 1.29 is 13.5 Å². The molecule has 0 amide bonds. The second-order valence-corrected chi connectivity index (χ2v) is 7.29. The third kappa shape index (κ3) is 4.51. The number of hydrogen-bond donors (Lipinski definition) is 2. The lowest BCUT2D eigenvalue weighted by atomic mass is 10.1. The molecule has 118 valence electrons. The Hall–Kier alpha value is -0.950. The molecule has 0 unspecified atom stereocenters. The quantitative estimate of drug-likeness (QED) is 0.829. The first-order chi connectivity index (χ1) is 10.0. The van der Waals surface area contributed by atoms with Crippen molar-refractivity contribution in [1.29, 1.82) is 0 Å². The lowest BCUT2D eigenvalue weighted by molar-refractivity contribution is 0.233. The number of nitrogens with one attached hydrogen (secondary N) is 1. The molecular weight excluding hydrogens is 288 g/mol. The van der Waals surface area contributed by atoms with E-state index in [0.717, 1.165) is 19.6 Å². The van der Waals surface area contributed by atoms with Crippen molar-refractivity contribution in [2.45, 2.75) is 37.7 Å². The average Bonchev–Trinajstić information content (AvgIpc) is 2.48. The Morgan fingerprint density at radius 2 is 1.95 bits per heavy atom. The normalized spacial score (nSPS) is 17.0. The highest BCUT2D eigenvalue weighted by molar-refractivity contribution is 7.89. The fourth-order valence-corrected chi connectivity index (χ4v) is 3.95. The Balaban J connectivity index is 1.97. The molecule has 1 aliphatic heterocycles. The molecule has 2 N–H and O–H groups in total. The second kappa shape index (κ2) is 7.35. The van der Waals surface area contributed by atoms with Crippen LogP contribution in [0, 0.1) is 6.92 Å². The molecule has 0 saturated carbocycles. The predicted molar refractivity (Wildman–Crippen MR) is 82.6 cm³/mol. The highest BCUT2D eigenvalue weighted by atomic mass is 32.2. The molecular formula is C15H24N2O3S. The largest absolute Gasteiger partial charge is 0.392 e. The van der Waals surface area contributed by atoms with Gasteiger partial charge in [-0.25, -0.2) is 13.1 Å². The van der Waals surface area contributed by atoms with Gasteiger partial charge in [0.2, 0.25) is 10.0 Å². The summed E-state index contributed by atoms with van der Waals surface area (Å²) >= 11 is 0. The standard InChI is InChI=1S/C15H24N2O3S/c1-13-5-6-14(12-18)11-15(13)21(19,20)16-7-10-17-8-3-2-4-9-17/h5-6,11,16,18H,2-4,7-10,12H2,1H3. The molecule has 0 aromatic heterocycles. The summed E-state index contributed by atoms with van der Waals surface area (Å²) in [6.45, 7) is 4.89. The Bertz CT molecular complexity index is 566. The number of aliphatic hydroxyl groups excluding tert-OH is 1. The Morgan fingerprint density at radius 1 is 1.24 bits per heavy atom. The molecule has 0 aliphatic carbocycles. The van der Waals surface area contributed by atoms with E-state index in [0.29, 0.717) is 17.7 Å². The predicted octanol–water partition coefficient (Wildman–Crippen LogP) is 1.25. The van der Waals surface area contributed by atoms with E-state index in [1.807, 2.05) is 0 Å². The summed E-state index contributed by atoms with van der Waals surface area (Å²) in [6, 6.07) is 5.01. The number of aliphatic hydroxyl groups is 1. The molecule has 1 heterocycles. The third-order valence-electron chi connectivity index (χ3n) is 3.89. The minimum absolute atomic E-state index is 0.156. The van der Waals surface area contributed by atoms with Crippen LogP contribution in [0.5, 0.6) is 0 Å². The van der Waals surface area contributed by atoms with Crippen LogP contribution in [0.15, 0.2) is 23.1 Å². The van der Waals surface area contributed by atoms with Crippen LogP contribution >= 0.6 is 0 Å². The van der Waals surface area contributed by atoms with Crippen molar-refractivity contribution in [1.82, 2.24) is 9.62 Å². The van der Waals surface area contributed by atoms with E-state index >= 15 is 0 Å². The first-order valence-corrected chi connectivity index (χ1v) is 8.93. The van der Waals surface area contributed by atoms with Crippen molar-refractivity contribution >= 4 is 10.0 Å². The summed E-state index contributed by atoms with van der Waals surface area (Å²) in [5, 5.41) is 9.14. The highest BCUT2D eigenvalue weighted by Crippen LogP contribution is 2.17. The molecule has 6 heteroatoms. The topological polar surface area (TPSA) is 69.6 Å². The fourth-order valence-electron chi connectivity index (χ4n) is 2.63. The van der Waals surface area contributed by atoms with E-state index in [9.17, 15) is 8.42 Å². The van der Waals surface area contributed by atoms with E-state index in [2.05, 4.69) is 9.62 Å². The van der Waals surface area contributed by atoms with Crippen LogP contribution in [0.3, 0.4) is 0 Å². The fraction of sp³-hybridized carbons (Fsp3) is 0.600. The molecule has 1 fully saturated rings. The van der Waals surface area contributed by atoms with Gasteiger partial charge in [-0.2, -0.15) is 0 Å². The summed E-state index contributed by atoms with van der Waals surface area (Å²) in [5.74, 6) is 0. The van der Waals surface area contributed by atoms with Crippen molar-refractivity contribution in [2.75, 3.05) is 26.2 Å². The van der Waals surface area contributed by atoms with Gasteiger partial charge in [-0.15, -0.1) is 0 Å². The number of sulfonamides is 1. The van der Waals surface area contributed by atoms with Crippen molar-refractivity contribution in [3.8, 4) is 0 Å². The van der Waals surface area contributed by atoms with Gasteiger partial charge in [-0.3, -0.25) is 0 Å². The summed E-state index contributed by atoms with van der Waals surface area (Å²) in [4.78, 5) is 2.55. The van der Waals surface area contributed by atoms with Gasteiger partial charge in [0, 0.05) is 13.1 Å². The minimum Gasteiger partial charge on any atom is -0.392 e. The lowest BCUT2D eigenvalue weighted by Gasteiger charge is -2.26. The molecule has 21 heavy (non-hydrogen) atoms. The molecule has 1 saturated heterocycles. The van der Waals surface area contributed by atoms with Gasteiger partial charge in [0.15, 0.2) is 0 Å². The van der Waals surface area contributed by atoms with Crippen LogP contribution in [0.1, 0.15) is 30.4 Å². The van der Waals surface area contributed by atoms with Crippen LogP contribution in [-0.4, -0.2) is 44.6 Å². The van der Waals surface area contributed by atoms with Crippen LogP contribution in [0.25, 0.3) is 0 Å². The molecule has 1 aromatic carbocycles. The van der Waals surface area contributed by atoms with Gasteiger partial charge in [0.1, 0.15) is 0 Å². The van der Waals surface area contributed by atoms with Gasteiger partial charge in [0.05, 0.1) is 11.5 Å². The van der Waals surface area contributed by atoms with Crippen molar-refractivity contribution in [3.05, 3.63) is 29.3 Å². The molecule has 2 rings (SSSR count). The van der Waals surface area contributed by atoms with Crippen LogP contribution in [-0.2, 0) is 16.6 Å². The molecule has 0 bridgehead atoms. The number of piperidine rings is 1. The molecule has 0 spiro atoms. The Morgan fingerprint density at radius 3 is 2.62 bits per heavy atom. The average molecular weight is 312 g/mol. The van der Waals surface area contributed by atoms with Gasteiger partial charge in [0.25, 0.3) is 0 Å². The second-order valence-electron chi connectivity index (χ2n) is 5.56. The minimum atomic E-state index is -3.51. The van der Waals surface area contributed by atoms with Crippen LogP contribution < -0.4 is 4.72 Å².